The first-order valence-corrected chi connectivity index (χ1v) is 13.7. The van der Waals surface area contributed by atoms with E-state index in [0.29, 0.717) is 32.7 Å². The fraction of sp³-hybridized carbons (Fsp3) is 0.320. The van der Waals surface area contributed by atoms with E-state index in [1.165, 1.54) is 22.7 Å². The molecule has 0 aliphatic rings. The number of halogens is 1. The zero-order valence-corrected chi connectivity index (χ0v) is 23.0. The fourth-order valence-electron chi connectivity index (χ4n) is 3.51. The highest BCUT2D eigenvalue weighted by Crippen LogP contribution is 2.23. The third kappa shape index (κ3) is 8.07. The molecule has 0 saturated carbocycles. The van der Waals surface area contributed by atoms with Gasteiger partial charge in [0.1, 0.15) is 5.76 Å². The summed E-state index contributed by atoms with van der Waals surface area (Å²) >= 11 is 8.47. The molecule has 0 saturated heterocycles. The van der Waals surface area contributed by atoms with Crippen molar-refractivity contribution in [2.75, 3.05) is 5.75 Å². The summed E-state index contributed by atoms with van der Waals surface area (Å²) in [6.45, 7) is 3.52. The molecule has 38 heavy (non-hydrogen) atoms. The molecule has 0 aliphatic carbocycles. The van der Waals surface area contributed by atoms with E-state index < -0.39 is 36.2 Å². The Bertz CT molecular complexity index is 1300. The van der Waals surface area contributed by atoms with E-state index in [0.717, 1.165) is 16.9 Å². The number of carbonyl (C=O) groups is 4. The van der Waals surface area contributed by atoms with Gasteiger partial charge in [-0.05, 0) is 37.6 Å². The number of Topliss-reactive ketones (excluding diaryl/α,β-unsaturated/α-hetero) is 1. The Morgan fingerprint density at radius 2 is 1.87 bits per heavy atom. The molecular weight excluding hydrogens is 554 g/mol. The van der Waals surface area contributed by atoms with Crippen LogP contribution in [0.4, 0.5) is 4.79 Å². The zero-order valence-electron chi connectivity index (χ0n) is 20.6. The summed E-state index contributed by atoms with van der Waals surface area (Å²) in [6.07, 6.45) is -1.70. The Labute approximate surface area is 232 Å². The lowest BCUT2D eigenvalue weighted by molar-refractivity contribution is -0.139. The average molecular weight is 580 g/mol. The molecule has 10 nitrogen and oxygen atoms in total. The monoisotopic (exact) mass is 579 g/mol. The molecule has 0 spiro atoms. The van der Waals surface area contributed by atoms with Crippen LogP contribution in [-0.2, 0) is 28.4 Å². The van der Waals surface area contributed by atoms with Crippen LogP contribution in [0.15, 0.2) is 40.9 Å². The molecule has 13 heteroatoms. The summed E-state index contributed by atoms with van der Waals surface area (Å²) in [5, 5.41) is 25.8. The minimum Gasteiger partial charge on any atom is -0.481 e. The molecule has 2 heterocycles. The van der Waals surface area contributed by atoms with E-state index in [4.69, 9.17) is 16.1 Å². The van der Waals surface area contributed by atoms with Gasteiger partial charge < -0.3 is 20.1 Å². The number of aryl methyl sites for hydroxylation is 2. The summed E-state index contributed by atoms with van der Waals surface area (Å²) in [5.74, 6) is -1.27. The largest absolute Gasteiger partial charge is 0.481 e. The summed E-state index contributed by atoms with van der Waals surface area (Å²) < 4.78 is 5.10. The molecule has 1 atom stereocenters. The van der Waals surface area contributed by atoms with Gasteiger partial charge >= 0.3 is 12.1 Å². The maximum absolute atomic E-state index is 12.8. The van der Waals surface area contributed by atoms with E-state index in [2.05, 4.69) is 10.5 Å². The van der Waals surface area contributed by atoms with Crippen molar-refractivity contribution in [2.24, 2.45) is 0 Å². The Kier molecular flexibility index (Phi) is 10.3. The number of amides is 2. The summed E-state index contributed by atoms with van der Waals surface area (Å²) in [4.78, 5) is 50.7. The van der Waals surface area contributed by atoms with Gasteiger partial charge in [-0.3, -0.25) is 19.3 Å². The van der Waals surface area contributed by atoms with Gasteiger partial charge in [-0.1, -0.05) is 35.0 Å². The number of rotatable bonds is 13. The lowest BCUT2D eigenvalue weighted by Gasteiger charge is -2.18. The zero-order chi connectivity index (χ0) is 27.8. The molecule has 3 aromatic rings. The van der Waals surface area contributed by atoms with Gasteiger partial charge in [0, 0.05) is 21.2 Å². The smallest absolute Gasteiger partial charge is 0.407 e. The summed E-state index contributed by atoms with van der Waals surface area (Å²) in [7, 11) is 0. The fourth-order valence-corrected chi connectivity index (χ4v) is 5.69. The number of thiophene rings is 1. The van der Waals surface area contributed by atoms with Crippen LogP contribution in [0.3, 0.4) is 0 Å². The Morgan fingerprint density at radius 1 is 1.13 bits per heavy atom. The van der Waals surface area contributed by atoms with E-state index in [1.807, 2.05) is 12.1 Å². The number of nitrogens with zero attached hydrogens (tertiary/aromatic N) is 2. The highest BCUT2D eigenvalue weighted by Gasteiger charge is 2.25. The van der Waals surface area contributed by atoms with Gasteiger partial charge in [-0.25, -0.2) is 4.79 Å². The normalized spacial score (nSPS) is 11.7. The van der Waals surface area contributed by atoms with Crippen molar-refractivity contribution >= 4 is 58.5 Å². The second kappa shape index (κ2) is 13.4. The van der Waals surface area contributed by atoms with Crippen molar-refractivity contribution in [3.63, 3.8) is 0 Å². The first kappa shape index (κ1) is 29.2. The third-order valence-electron chi connectivity index (χ3n) is 5.57. The first-order valence-electron chi connectivity index (χ1n) is 11.4. The number of carbonyl (C=O) groups excluding carboxylic acids is 2. The van der Waals surface area contributed by atoms with Gasteiger partial charge in [-0.15, -0.1) is 23.1 Å². The summed E-state index contributed by atoms with van der Waals surface area (Å²) in [5.41, 5.74) is 2.12. The number of aliphatic carboxylic acids is 1. The molecule has 3 rings (SSSR count). The van der Waals surface area contributed by atoms with Crippen molar-refractivity contribution in [2.45, 2.75) is 45.2 Å². The average Bonchev–Trinajstić information content (AvgIpc) is 3.45. The highest BCUT2D eigenvalue weighted by molar-refractivity contribution is 7.99. The van der Waals surface area contributed by atoms with E-state index >= 15 is 0 Å². The minimum atomic E-state index is -1.22. The van der Waals surface area contributed by atoms with Crippen molar-refractivity contribution in [1.29, 1.82) is 0 Å². The SMILES string of the molecule is Cc1noc(C)c1CN(Cc1ccc(C(=O)N[C@H](CC(=O)O)C(=O)CSCc2ccccc2Cl)s1)C(=O)O. The molecule has 0 aliphatic heterocycles. The van der Waals surface area contributed by atoms with E-state index in [9.17, 15) is 29.4 Å². The van der Waals surface area contributed by atoms with Crippen LogP contribution in [0.5, 0.6) is 0 Å². The highest BCUT2D eigenvalue weighted by atomic mass is 35.5. The quantitative estimate of drug-likeness (QED) is 0.260. The molecule has 0 radical (unpaired) electrons. The lowest BCUT2D eigenvalue weighted by Crippen LogP contribution is -2.43. The van der Waals surface area contributed by atoms with E-state index in [1.54, 1.807) is 32.0 Å². The predicted molar refractivity (Wildman–Crippen MR) is 144 cm³/mol. The topological polar surface area (TPSA) is 150 Å². The van der Waals surface area contributed by atoms with Gasteiger partial charge in [0.05, 0.1) is 41.9 Å². The minimum absolute atomic E-state index is 0.00554. The van der Waals surface area contributed by atoms with Crippen LogP contribution >= 0.6 is 34.7 Å². The lowest BCUT2D eigenvalue weighted by atomic mass is 10.1. The number of aromatic nitrogens is 1. The molecule has 2 aromatic heterocycles. The second-order valence-electron chi connectivity index (χ2n) is 8.38. The molecule has 0 unspecified atom stereocenters. The van der Waals surface area contributed by atoms with Gasteiger partial charge in [0.15, 0.2) is 5.78 Å². The number of carboxylic acid groups (broad SMARTS) is 2. The van der Waals surface area contributed by atoms with Crippen molar-refractivity contribution in [3.05, 3.63) is 73.8 Å². The molecule has 3 N–H and O–H groups in total. The van der Waals surface area contributed by atoms with Gasteiger partial charge in [0.2, 0.25) is 0 Å². The molecule has 0 fully saturated rings. The first-order chi connectivity index (χ1) is 18.0. The van der Waals surface area contributed by atoms with Crippen molar-refractivity contribution in [1.82, 2.24) is 15.4 Å². The molecule has 1 aromatic carbocycles. The van der Waals surface area contributed by atoms with Crippen LogP contribution in [-0.4, -0.2) is 55.8 Å². The van der Waals surface area contributed by atoms with Crippen LogP contribution in [0.1, 0.15) is 43.6 Å². The third-order valence-corrected chi connectivity index (χ3v) is 8.01. The summed E-state index contributed by atoms with van der Waals surface area (Å²) in [6, 6.07) is 9.14. The van der Waals surface area contributed by atoms with Gasteiger partial charge in [-0.2, -0.15) is 0 Å². The van der Waals surface area contributed by atoms with Crippen LogP contribution in [0.2, 0.25) is 5.02 Å². The number of nitrogens with one attached hydrogen (secondary N) is 1. The van der Waals surface area contributed by atoms with Crippen LogP contribution in [0.25, 0.3) is 0 Å². The van der Waals surface area contributed by atoms with Crippen molar-refractivity contribution < 1.29 is 33.9 Å². The number of hydrogen-bond donors (Lipinski definition) is 3. The molecular formula is C25H26ClN3O7S2. The van der Waals surface area contributed by atoms with Gasteiger partial charge in [0.25, 0.3) is 5.91 Å². The van der Waals surface area contributed by atoms with Crippen LogP contribution in [0, 0.1) is 13.8 Å². The standard InChI is InChI=1S/C25H26ClN3O7S2/c1-14-18(15(2)36-28-14)11-29(25(34)35)10-17-7-8-22(38-17)24(33)27-20(9-23(31)32)21(30)13-37-12-16-5-3-4-6-19(16)26/h3-8,20H,9-13H2,1-2H3,(H,27,33)(H,31,32)(H,34,35)/t20-/m1/s1. The molecule has 0 bridgehead atoms. The maximum atomic E-state index is 12.8. The number of ketones is 1. The Balaban J connectivity index is 1.62. The predicted octanol–water partition coefficient (Wildman–Crippen LogP) is 4.76. The number of thioether (sulfide) groups is 1. The van der Waals surface area contributed by atoms with E-state index in [-0.39, 0.29) is 23.7 Å². The molecule has 2 amide bonds. The number of hydrogen-bond acceptors (Lipinski definition) is 8. The second-order valence-corrected chi connectivity index (χ2v) is 10.9. The molecule has 202 valence electrons. The van der Waals surface area contributed by atoms with Crippen LogP contribution < -0.4 is 5.32 Å². The Hall–Kier alpha value is -3.35. The number of benzene rings is 1. The van der Waals surface area contributed by atoms with Crippen molar-refractivity contribution in [3.8, 4) is 0 Å². The maximum Gasteiger partial charge on any atom is 0.407 e. The number of carboxylic acids is 1. The Morgan fingerprint density at radius 3 is 2.50 bits per heavy atom.